The molecule has 0 saturated carbocycles. The Morgan fingerprint density at radius 3 is 2.38 bits per heavy atom. The average molecular weight is 289 g/mol. The number of hydrogen-bond donors (Lipinski definition) is 2. The van der Waals surface area contributed by atoms with Crippen molar-refractivity contribution in [2.24, 2.45) is 0 Å². The number of carbonyl (C=O) groups is 1. The SMILES string of the molecule is COc1cc(OC)nc(Cc2ccccc2NC(=O)O)n1. The Labute approximate surface area is 121 Å². The number of para-hydroxylation sites is 1. The molecule has 0 aliphatic heterocycles. The molecule has 0 fully saturated rings. The van der Waals surface area contributed by atoms with Crippen molar-refractivity contribution in [2.45, 2.75) is 6.42 Å². The third-order valence-corrected chi connectivity index (χ3v) is 2.75. The molecule has 0 radical (unpaired) electrons. The van der Waals surface area contributed by atoms with Crippen LogP contribution in [0.25, 0.3) is 0 Å². The largest absolute Gasteiger partial charge is 0.481 e. The van der Waals surface area contributed by atoms with Gasteiger partial charge in [0.05, 0.1) is 20.3 Å². The molecular weight excluding hydrogens is 274 g/mol. The van der Waals surface area contributed by atoms with E-state index in [2.05, 4.69) is 15.3 Å². The zero-order chi connectivity index (χ0) is 15.2. The van der Waals surface area contributed by atoms with Crippen molar-refractivity contribution < 1.29 is 19.4 Å². The van der Waals surface area contributed by atoms with Crippen LogP contribution in [-0.4, -0.2) is 35.4 Å². The number of nitrogens with one attached hydrogen (secondary N) is 1. The van der Waals surface area contributed by atoms with Crippen LogP contribution in [0.4, 0.5) is 10.5 Å². The van der Waals surface area contributed by atoms with Gasteiger partial charge >= 0.3 is 6.09 Å². The lowest BCUT2D eigenvalue weighted by atomic mass is 10.1. The molecule has 110 valence electrons. The van der Waals surface area contributed by atoms with E-state index in [-0.39, 0.29) is 0 Å². The molecule has 0 atom stereocenters. The molecule has 1 aromatic carbocycles. The molecule has 0 bridgehead atoms. The fourth-order valence-corrected chi connectivity index (χ4v) is 1.82. The van der Waals surface area contributed by atoms with E-state index >= 15 is 0 Å². The number of carboxylic acid groups (broad SMARTS) is 1. The molecule has 0 saturated heterocycles. The van der Waals surface area contributed by atoms with Gasteiger partial charge in [-0.05, 0) is 11.6 Å². The van der Waals surface area contributed by atoms with Crippen molar-refractivity contribution >= 4 is 11.8 Å². The molecule has 7 heteroatoms. The predicted molar refractivity (Wildman–Crippen MR) is 76.0 cm³/mol. The smallest absolute Gasteiger partial charge is 0.409 e. The number of nitrogens with zero attached hydrogens (tertiary/aromatic N) is 2. The first kappa shape index (κ1) is 14.6. The van der Waals surface area contributed by atoms with E-state index in [9.17, 15) is 4.79 Å². The standard InChI is InChI=1S/C14H15N3O4/c1-20-12-8-13(21-2)17-11(16-12)7-9-5-3-4-6-10(9)15-14(18)19/h3-6,8,15H,7H2,1-2H3,(H,18,19). The molecule has 0 unspecified atom stereocenters. The Kier molecular flexibility index (Phi) is 4.55. The van der Waals surface area contributed by atoms with Crippen LogP contribution in [0.5, 0.6) is 11.8 Å². The molecule has 0 aliphatic rings. The summed E-state index contributed by atoms with van der Waals surface area (Å²) in [6.07, 6.45) is -0.768. The number of anilines is 1. The van der Waals surface area contributed by atoms with Gasteiger partial charge < -0.3 is 14.6 Å². The highest BCUT2D eigenvalue weighted by molar-refractivity contribution is 5.84. The van der Waals surface area contributed by atoms with Crippen molar-refractivity contribution in [1.29, 1.82) is 0 Å². The summed E-state index contributed by atoms with van der Waals surface area (Å²) in [5, 5.41) is 11.2. The van der Waals surface area contributed by atoms with Gasteiger partial charge in [0.2, 0.25) is 11.8 Å². The highest BCUT2D eigenvalue weighted by Crippen LogP contribution is 2.21. The minimum Gasteiger partial charge on any atom is -0.481 e. The van der Waals surface area contributed by atoms with Crippen molar-refractivity contribution in [1.82, 2.24) is 9.97 Å². The van der Waals surface area contributed by atoms with E-state index in [1.807, 2.05) is 6.07 Å². The third-order valence-electron chi connectivity index (χ3n) is 2.75. The van der Waals surface area contributed by atoms with Gasteiger partial charge in [0.25, 0.3) is 0 Å². The first-order chi connectivity index (χ1) is 10.1. The van der Waals surface area contributed by atoms with Gasteiger partial charge in [0, 0.05) is 12.1 Å². The number of benzene rings is 1. The maximum atomic E-state index is 10.8. The molecule has 0 aliphatic carbocycles. The number of ether oxygens (including phenoxy) is 2. The van der Waals surface area contributed by atoms with E-state index in [1.165, 1.54) is 14.2 Å². The summed E-state index contributed by atoms with van der Waals surface area (Å²) in [5.41, 5.74) is 1.26. The van der Waals surface area contributed by atoms with E-state index in [0.717, 1.165) is 5.56 Å². The highest BCUT2D eigenvalue weighted by atomic mass is 16.5. The number of hydrogen-bond acceptors (Lipinski definition) is 5. The number of rotatable bonds is 5. The normalized spacial score (nSPS) is 10.0. The van der Waals surface area contributed by atoms with E-state index < -0.39 is 6.09 Å². The molecule has 2 aromatic rings. The van der Waals surface area contributed by atoms with Crippen LogP contribution in [0.1, 0.15) is 11.4 Å². The van der Waals surface area contributed by atoms with Crippen molar-refractivity contribution in [3.05, 3.63) is 41.7 Å². The molecule has 1 heterocycles. The van der Waals surface area contributed by atoms with Crippen LogP contribution < -0.4 is 14.8 Å². The quantitative estimate of drug-likeness (QED) is 0.876. The van der Waals surface area contributed by atoms with Crippen LogP contribution in [0.15, 0.2) is 30.3 Å². The minimum atomic E-state index is -1.12. The second-order valence-corrected chi connectivity index (χ2v) is 4.13. The van der Waals surface area contributed by atoms with E-state index in [0.29, 0.717) is 29.7 Å². The third kappa shape index (κ3) is 3.82. The molecule has 1 amide bonds. The first-order valence-corrected chi connectivity index (χ1v) is 6.16. The van der Waals surface area contributed by atoms with Crippen molar-refractivity contribution in [3.8, 4) is 11.8 Å². The van der Waals surface area contributed by atoms with Crippen LogP contribution in [-0.2, 0) is 6.42 Å². The van der Waals surface area contributed by atoms with Crippen LogP contribution in [0, 0.1) is 0 Å². The molecule has 0 spiro atoms. The van der Waals surface area contributed by atoms with Gasteiger partial charge in [-0.15, -0.1) is 0 Å². The van der Waals surface area contributed by atoms with Gasteiger partial charge in [0.15, 0.2) is 0 Å². The van der Waals surface area contributed by atoms with Crippen LogP contribution in [0.3, 0.4) is 0 Å². The summed E-state index contributed by atoms with van der Waals surface area (Å²) >= 11 is 0. The summed E-state index contributed by atoms with van der Waals surface area (Å²) in [6.45, 7) is 0. The molecule has 2 N–H and O–H groups in total. The van der Waals surface area contributed by atoms with Crippen LogP contribution in [0.2, 0.25) is 0 Å². The zero-order valence-corrected chi connectivity index (χ0v) is 11.7. The second kappa shape index (κ2) is 6.56. The summed E-state index contributed by atoms with van der Waals surface area (Å²) in [7, 11) is 3.01. The zero-order valence-electron chi connectivity index (χ0n) is 11.7. The van der Waals surface area contributed by atoms with Gasteiger partial charge in [-0.25, -0.2) is 4.79 Å². The Balaban J connectivity index is 2.31. The fourth-order valence-electron chi connectivity index (χ4n) is 1.82. The molecule has 21 heavy (non-hydrogen) atoms. The fraction of sp³-hybridized carbons (Fsp3) is 0.214. The number of methoxy groups -OCH3 is 2. The first-order valence-electron chi connectivity index (χ1n) is 6.16. The predicted octanol–water partition coefficient (Wildman–Crippen LogP) is 2.17. The van der Waals surface area contributed by atoms with E-state index in [4.69, 9.17) is 14.6 Å². The molecule has 1 aromatic heterocycles. The van der Waals surface area contributed by atoms with Crippen molar-refractivity contribution in [3.63, 3.8) is 0 Å². The minimum absolute atomic E-state index is 0.351. The van der Waals surface area contributed by atoms with Gasteiger partial charge in [-0.1, -0.05) is 18.2 Å². The Morgan fingerprint density at radius 1 is 1.19 bits per heavy atom. The van der Waals surface area contributed by atoms with Gasteiger partial charge in [0.1, 0.15) is 5.82 Å². The molecular formula is C14H15N3O4. The van der Waals surface area contributed by atoms with Gasteiger partial charge in [-0.3, -0.25) is 5.32 Å². The topological polar surface area (TPSA) is 93.6 Å². The number of aromatic nitrogens is 2. The summed E-state index contributed by atoms with van der Waals surface area (Å²) in [5.74, 6) is 1.26. The molecule has 7 nitrogen and oxygen atoms in total. The second-order valence-electron chi connectivity index (χ2n) is 4.13. The van der Waals surface area contributed by atoms with Crippen LogP contribution >= 0.6 is 0 Å². The average Bonchev–Trinajstić information content (AvgIpc) is 2.48. The Morgan fingerprint density at radius 2 is 1.81 bits per heavy atom. The Hall–Kier alpha value is -2.83. The maximum absolute atomic E-state index is 10.8. The lowest BCUT2D eigenvalue weighted by molar-refractivity contribution is 0.209. The van der Waals surface area contributed by atoms with E-state index in [1.54, 1.807) is 24.3 Å². The molecule has 2 rings (SSSR count). The summed E-state index contributed by atoms with van der Waals surface area (Å²) < 4.78 is 10.2. The van der Waals surface area contributed by atoms with Gasteiger partial charge in [-0.2, -0.15) is 9.97 Å². The lowest BCUT2D eigenvalue weighted by Gasteiger charge is -2.10. The lowest BCUT2D eigenvalue weighted by Crippen LogP contribution is -2.10. The summed E-state index contributed by atoms with van der Waals surface area (Å²) in [4.78, 5) is 19.2. The maximum Gasteiger partial charge on any atom is 0.409 e. The summed E-state index contributed by atoms with van der Waals surface area (Å²) in [6, 6.07) is 8.63. The van der Waals surface area contributed by atoms with Crippen molar-refractivity contribution in [2.75, 3.05) is 19.5 Å². The monoisotopic (exact) mass is 289 g/mol. The Bertz CT molecular complexity index is 624. The highest BCUT2D eigenvalue weighted by Gasteiger charge is 2.10. The number of amides is 1.